The molecule has 1 heterocycles. The Morgan fingerprint density at radius 1 is 1.03 bits per heavy atom. The second-order valence-corrected chi connectivity index (χ2v) is 10.8. The van der Waals surface area contributed by atoms with Crippen molar-refractivity contribution in [3.05, 3.63) is 65.4 Å². The van der Waals surface area contributed by atoms with Gasteiger partial charge in [-0.1, -0.05) is 60.6 Å². The molecule has 9 heteroatoms. The summed E-state index contributed by atoms with van der Waals surface area (Å²) in [6.45, 7) is 15.0. The molecular formula is C30H38N3NaO5. The molecule has 1 aliphatic rings. The third-order valence-corrected chi connectivity index (χ3v) is 7.59. The summed E-state index contributed by atoms with van der Waals surface area (Å²) in [6.07, 6.45) is 1.92. The molecule has 0 saturated carbocycles. The summed E-state index contributed by atoms with van der Waals surface area (Å²) in [7, 11) is 0. The Bertz CT molecular complexity index is 1240. The number of rotatable bonds is 10. The smallest absolute Gasteiger partial charge is 0.877 e. The SMILES string of the molecule is CCC(Oc1ccc(C(C)(C)CC)cc1C(C)(C)CC)C(=O)Nc1ccc(N2NC(=O)/C(=C/[O-])C2=O)cc1.[Na+]. The summed E-state index contributed by atoms with van der Waals surface area (Å²) in [5.41, 5.74) is 4.98. The molecule has 0 aliphatic carbocycles. The molecule has 39 heavy (non-hydrogen) atoms. The van der Waals surface area contributed by atoms with Crippen LogP contribution >= 0.6 is 0 Å². The molecule has 2 aromatic carbocycles. The van der Waals surface area contributed by atoms with Crippen LogP contribution in [0, 0.1) is 0 Å². The average molecular weight is 544 g/mol. The third kappa shape index (κ3) is 7.04. The van der Waals surface area contributed by atoms with Crippen LogP contribution in [-0.2, 0) is 25.2 Å². The molecular weight excluding hydrogens is 505 g/mol. The first-order valence-electron chi connectivity index (χ1n) is 13.1. The number of ether oxygens (including phenoxy) is 1. The number of hydrogen-bond donors (Lipinski definition) is 2. The molecule has 1 fully saturated rings. The van der Waals surface area contributed by atoms with Gasteiger partial charge in [0, 0.05) is 11.3 Å². The summed E-state index contributed by atoms with van der Waals surface area (Å²) in [4.78, 5) is 37.1. The van der Waals surface area contributed by atoms with E-state index >= 15 is 0 Å². The first-order chi connectivity index (χ1) is 17.9. The first-order valence-corrected chi connectivity index (χ1v) is 13.1. The Balaban J connectivity index is 0.00000533. The zero-order valence-corrected chi connectivity index (χ0v) is 26.3. The molecule has 3 rings (SSSR count). The van der Waals surface area contributed by atoms with E-state index < -0.39 is 23.5 Å². The van der Waals surface area contributed by atoms with Gasteiger partial charge in [-0.2, -0.15) is 0 Å². The van der Waals surface area contributed by atoms with Gasteiger partial charge in [0.05, 0.1) is 11.3 Å². The van der Waals surface area contributed by atoms with Gasteiger partial charge in [0.25, 0.3) is 17.7 Å². The Kier molecular flexibility index (Phi) is 10.8. The molecule has 0 spiro atoms. The van der Waals surface area contributed by atoms with Gasteiger partial charge >= 0.3 is 29.6 Å². The van der Waals surface area contributed by atoms with Crippen LogP contribution in [0.25, 0.3) is 0 Å². The molecule has 8 nitrogen and oxygen atoms in total. The maximum atomic E-state index is 13.2. The molecule has 3 amide bonds. The van der Waals surface area contributed by atoms with E-state index in [-0.39, 0.29) is 52.6 Å². The molecule has 0 radical (unpaired) electrons. The maximum Gasteiger partial charge on any atom is 1.00 e. The third-order valence-electron chi connectivity index (χ3n) is 7.59. The van der Waals surface area contributed by atoms with Crippen molar-refractivity contribution in [2.45, 2.75) is 84.7 Å². The molecule has 1 atom stereocenters. The van der Waals surface area contributed by atoms with E-state index in [9.17, 15) is 19.5 Å². The van der Waals surface area contributed by atoms with Crippen molar-refractivity contribution in [3.63, 3.8) is 0 Å². The summed E-state index contributed by atoms with van der Waals surface area (Å²) >= 11 is 0. The largest absolute Gasteiger partial charge is 1.00 e. The Labute approximate surface area is 253 Å². The van der Waals surface area contributed by atoms with Crippen molar-refractivity contribution in [2.75, 3.05) is 10.3 Å². The topological polar surface area (TPSA) is 111 Å². The van der Waals surface area contributed by atoms with Crippen molar-refractivity contribution < 1.29 is 53.8 Å². The van der Waals surface area contributed by atoms with E-state index in [1.165, 1.54) is 5.56 Å². The fourth-order valence-corrected chi connectivity index (χ4v) is 4.09. The normalized spacial score (nSPS) is 15.6. The van der Waals surface area contributed by atoms with Crippen LogP contribution in [0.1, 0.15) is 78.9 Å². The summed E-state index contributed by atoms with van der Waals surface area (Å²) in [6, 6.07) is 12.7. The molecule has 2 aromatic rings. The molecule has 1 aliphatic heterocycles. The van der Waals surface area contributed by atoms with Gasteiger partial charge in [-0.25, -0.2) is 5.01 Å². The van der Waals surface area contributed by atoms with Crippen molar-refractivity contribution >= 4 is 29.1 Å². The number of nitrogens with one attached hydrogen (secondary N) is 2. The molecule has 1 unspecified atom stereocenters. The van der Waals surface area contributed by atoms with Crippen LogP contribution in [-0.4, -0.2) is 23.8 Å². The van der Waals surface area contributed by atoms with Gasteiger partial charge in [0.2, 0.25) is 0 Å². The number of carbonyl (C=O) groups excluding carboxylic acids is 3. The van der Waals surface area contributed by atoms with Gasteiger partial charge in [0.15, 0.2) is 6.10 Å². The van der Waals surface area contributed by atoms with Crippen LogP contribution < -0.4 is 55.2 Å². The number of nitrogens with zero attached hydrogens (tertiary/aromatic N) is 1. The van der Waals surface area contributed by atoms with Gasteiger partial charge in [-0.15, -0.1) is 6.26 Å². The predicted octanol–water partition coefficient (Wildman–Crippen LogP) is 1.48. The monoisotopic (exact) mass is 543 g/mol. The van der Waals surface area contributed by atoms with Gasteiger partial charge < -0.3 is 15.2 Å². The minimum absolute atomic E-state index is 0. The fraction of sp³-hybridized carbons (Fsp3) is 0.433. The molecule has 2 N–H and O–H groups in total. The summed E-state index contributed by atoms with van der Waals surface area (Å²) in [5, 5.41) is 14.8. The van der Waals surface area contributed by atoms with E-state index in [1.807, 2.05) is 13.0 Å². The molecule has 1 saturated heterocycles. The van der Waals surface area contributed by atoms with Crippen molar-refractivity contribution in [3.8, 4) is 5.75 Å². The van der Waals surface area contributed by atoms with Crippen LogP contribution in [0.3, 0.4) is 0 Å². The van der Waals surface area contributed by atoms with Gasteiger partial charge in [-0.3, -0.25) is 19.8 Å². The standard InChI is InChI=1S/C30H39N3O5.Na/c1-8-24(38-25-16-11-19(29(4,5)9-2)17-23(25)30(6,7)10-3)27(36)31-20-12-14-21(15-13-20)33-28(37)22(18-34)26(35)32-33;/h11-18,24,34H,8-10H2,1-7H3,(H,31,36)(H,32,35);/q;+1/p-1/b22-18-;. The van der Waals surface area contributed by atoms with E-state index in [1.54, 1.807) is 24.3 Å². The second kappa shape index (κ2) is 13.0. The number of amides is 3. The summed E-state index contributed by atoms with van der Waals surface area (Å²) in [5.74, 6) is -1.06. The van der Waals surface area contributed by atoms with Gasteiger partial charge in [-0.05, 0) is 66.0 Å². The van der Waals surface area contributed by atoms with Crippen molar-refractivity contribution in [1.82, 2.24) is 5.43 Å². The zero-order chi connectivity index (χ0) is 28.3. The molecule has 0 bridgehead atoms. The van der Waals surface area contributed by atoms with Crippen LogP contribution in [0.5, 0.6) is 5.75 Å². The average Bonchev–Trinajstić information content (AvgIpc) is 3.20. The van der Waals surface area contributed by atoms with E-state index in [0.29, 0.717) is 23.5 Å². The Morgan fingerprint density at radius 3 is 2.15 bits per heavy atom. The first kappa shape index (κ1) is 32.4. The fourth-order valence-electron chi connectivity index (χ4n) is 4.09. The maximum absolute atomic E-state index is 13.2. The van der Waals surface area contributed by atoms with Gasteiger partial charge in [0.1, 0.15) is 5.75 Å². The van der Waals surface area contributed by atoms with Crippen LogP contribution in [0.4, 0.5) is 11.4 Å². The van der Waals surface area contributed by atoms with Crippen LogP contribution in [0.15, 0.2) is 54.3 Å². The second-order valence-electron chi connectivity index (χ2n) is 10.8. The molecule has 0 aromatic heterocycles. The van der Waals surface area contributed by atoms with E-state index in [2.05, 4.69) is 64.4 Å². The Morgan fingerprint density at radius 2 is 1.64 bits per heavy atom. The van der Waals surface area contributed by atoms with Crippen molar-refractivity contribution in [1.29, 1.82) is 0 Å². The van der Waals surface area contributed by atoms with Crippen molar-refractivity contribution in [2.24, 2.45) is 0 Å². The molecule has 204 valence electrons. The minimum atomic E-state index is -0.748. The van der Waals surface area contributed by atoms with E-state index in [0.717, 1.165) is 23.4 Å². The number of hydrazine groups is 1. The number of carbonyl (C=O) groups is 3. The number of benzene rings is 2. The number of hydrogen-bond acceptors (Lipinski definition) is 5. The zero-order valence-electron chi connectivity index (χ0n) is 24.3. The van der Waals surface area contributed by atoms with Crippen LogP contribution in [0.2, 0.25) is 0 Å². The quantitative estimate of drug-likeness (QED) is 0.204. The minimum Gasteiger partial charge on any atom is -0.877 e. The predicted molar refractivity (Wildman–Crippen MR) is 147 cm³/mol. The number of anilines is 2. The Hall–Kier alpha value is -2.81. The summed E-state index contributed by atoms with van der Waals surface area (Å²) < 4.78 is 6.33. The van der Waals surface area contributed by atoms with E-state index in [4.69, 9.17) is 4.74 Å².